The van der Waals surface area contributed by atoms with Gasteiger partial charge in [0.25, 0.3) is 0 Å². The van der Waals surface area contributed by atoms with Crippen LogP contribution in [0.1, 0.15) is 12.8 Å². The van der Waals surface area contributed by atoms with Crippen LogP contribution in [-0.4, -0.2) is 41.1 Å². The summed E-state index contributed by atoms with van der Waals surface area (Å²) in [7, 11) is 2.13. The topological polar surface area (TPSA) is 59.5 Å². The number of rotatable bonds is 6. The van der Waals surface area contributed by atoms with Gasteiger partial charge >= 0.3 is 0 Å². The van der Waals surface area contributed by atoms with E-state index < -0.39 is 0 Å². The molecule has 1 aromatic heterocycles. The molecule has 0 bridgehead atoms. The van der Waals surface area contributed by atoms with Crippen LogP contribution in [0.15, 0.2) is 67.0 Å². The predicted octanol–water partition coefficient (Wildman–Crippen LogP) is 6.85. The Kier molecular flexibility index (Phi) is 7.90. The molecule has 6 nitrogen and oxygen atoms in total. The van der Waals surface area contributed by atoms with Crippen molar-refractivity contribution in [2.24, 2.45) is 0 Å². The maximum absolute atomic E-state index is 13.5. The number of nitrogens with one attached hydrogen (secondary N) is 1. The van der Waals surface area contributed by atoms with Crippen molar-refractivity contribution in [1.82, 2.24) is 14.9 Å². The highest BCUT2D eigenvalue weighted by Gasteiger charge is 2.20. The molecule has 5 rings (SSSR count). The Morgan fingerprint density at radius 1 is 1.00 bits per heavy atom. The Hall–Kier alpha value is -3.13. The van der Waals surface area contributed by atoms with Gasteiger partial charge in [0.15, 0.2) is 0 Å². The van der Waals surface area contributed by atoms with Crippen LogP contribution < -0.4 is 14.8 Å². The summed E-state index contributed by atoms with van der Waals surface area (Å²) in [5, 5.41) is 4.54. The van der Waals surface area contributed by atoms with Gasteiger partial charge in [-0.1, -0.05) is 23.7 Å². The molecule has 0 aliphatic carbocycles. The van der Waals surface area contributed by atoms with Gasteiger partial charge in [0.05, 0.1) is 15.9 Å². The highest BCUT2D eigenvalue weighted by molar-refractivity contribution is 6.32. The Morgan fingerprint density at radius 3 is 2.57 bits per heavy atom. The van der Waals surface area contributed by atoms with E-state index in [1.807, 2.05) is 24.3 Å². The number of aromatic nitrogens is 2. The van der Waals surface area contributed by atoms with E-state index in [4.69, 9.17) is 21.1 Å². The number of hydrogen-bond acceptors (Lipinski definition) is 6. The van der Waals surface area contributed by atoms with Crippen molar-refractivity contribution in [1.29, 1.82) is 0 Å². The smallest absolute Gasteiger partial charge is 0.146 e. The second-order valence-corrected chi connectivity index (χ2v) is 8.73. The summed E-state index contributed by atoms with van der Waals surface area (Å²) < 4.78 is 25.6. The number of piperidine rings is 1. The third-order valence-corrected chi connectivity index (χ3v) is 6.10. The lowest BCUT2D eigenvalue weighted by molar-refractivity contribution is 0.116. The molecule has 1 fully saturated rings. The molecule has 1 saturated heterocycles. The number of benzene rings is 3. The van der Waals surface area contributed by atoms with E-state index in [1.165, 1.54) is 18.5 Å². The van der Waals surface area contributed by atoms with E-state index in [9.17, 15) is 4.39 Å². The molecule has 0 spiro atoms. The van der Waals surface area contributed by atoms with E-state index in [2.05, 4.69) is 27.2 Å². The molecule has 9 heteroatoms. The summed E-state index contributed by atoms with van der Waals surface area (Å²) in [4.78, 5) is 11.2. The van der Waals surface area contributed by atoms with Gasteiger partial charge in [-0.25, -0.2) is 14.4 Å². The molecule has 0 atom stereocenters. The number of likely N-dealkylation sites (tertiary alicyclic amines) is 1. The molecular formula is C26H25Cl2FN4O2. The maximum Gasteiger partial charge on any atom is 0.146 e. The van der Waals surface area contributed by atoms with Gasteiger partial charge in [-0.3, -0.25) is 0 Å². The second-order valence-electron chi connectivity index (χ2n) is 8.32. The standard InChI is InChI=1S/C26H24ClFN4O2.ClH/c1-32-12-10-19(11-13-32)33-24-7-3-6-22-25(24)26(30-16-29-22)31-18-8-9-23(21(27)15-18)34-20-5-2-4-17(28)14-20;/h2-9,14-16,19H,10-13H2,1H3,(H,29,30,31);1H. The van der Waals surface area contributed by atoms with Crippen molar-refractivity contribution in [3.63, 3.8) is 0 Å². The normalized spacial score (nSPS) is 14.4. The lowest BCUT2D eigenvalue weighted by Gasteiger charge is -2.29. The van der Waals surface area contributed by atoms with Gasteiger partial charge in [0, 0.05) is 24.8 Å². The summed E-state index contributed by atoms with van der Waals surface area (Å²) in [5.74, 6) is 1.81. The fraction of sp³-hybridized carbons (Fsp3) is 0.231. The molecule has 2 heterocycles. The minimum atomic E-state index is -0.374. The van der Waals surface area contributed by atoms with Crippen LogP contribution in [0.25, 0.3) is 10.9 Å². The molecule has 3 aromatic carbocycles. The highest BCUT2D eigenvalue weighted by Crippen LogP contribution is 2.36. The van der Waals surface area contributed by atoms with Gasteiger partial charge in [0.2, 0.25) is 0 Å². The zero-order valence-electron chi connectivity index (χ0n) is 19.1. The molecule has 1 aliphatic heterocycles. The minimum absolute atomic E-state index is 0. The number of anilines is 2. The Labute approximate surface area is 214 Å². The monoisotopic (exact) mass is 514 g/mol. The van der Waals surface area contributed by atoms with Crippen LogP contribution in [0.3, 0.4) is 0 Å². The van der Waals surface area contributed by atoms with Crippen LogP contribution in [0, 0.1) is 5.82 Å². The Balaban J connectivity index is 0.00000289. The summed E-state index contributed by atoms with van der Waals surface area (Å²) >= 11 is 6.46. The van der Waals surface area contributed by atoms with Crippen molar-refractivity contribution >= 4 is 46.4 Å². The quantitative estimate of drug-likeness (QED) is 0.303. The van der Waals surface area contributed by atoms with Gasteiger partial charge in [-0.15, -0.1) is 12.4 Å². The van der Waals surface area contributed by atoms with Gasteiger partial charge in [-0.05, 0) is 62.4 Å². The van der Waals surface area contributed by atoms with Crippen LogP contribution in [0.4, 0.5) is 15.9 Å². The zero-order chi connectivity index (χ0) is 23.5. The third-order valence-electron chi connectivity index (χ3n) is 5.80. The lowest BCUT2D eigenvalue weighted by Crippen LogP contribution is -2.35. The molecular weight excluding hydrogens is 490 g/mol. The number of ether oxygens (including phenoxy) is 2. The Morgan fingerprint density at radius 2 is 1.80 bits per heavy atom. The number of halogens is 3. The fourth-order valence-electron chi connectivity index (χ4n) is 4.01. The maximum atomic E-state index is 13.5. The van der Waals surface area contributed by atoms with Crippen molar-refractivity contribution < 1.29 is 13.9 Å². The predicted molar refractivity (Wildman–Crippen MR) is 139 cm³/mol. The molecule has 0 unspecified atom stereocenters. The van der Waals surface area contributed by atoms with Crippen molar-refractivity contribution in [3.05, 3.63) is 77.8 Å². The van der Waals surface area contributed by atoms with Gasteiger partial charge in [-0.2, -0.15) is 0 Å². The lowest BCUT2D eigenvalue weighted by atomic mass is 10.1. The average Bonchev–Trinajstić information content (AvgIpc) is 2.83. The van der Waals surface area contributed by atoms with E-state index in [0.29, 0.717) is 22.3 Å². The number of hydrogen-bond donors (Lipinski definition) is 1. The summed E-state index contributed by atoms with van der Waals surface area (Å²) in [5.41, 5.74) is 1.52. The molecule has 1 N–H and O–H groups in total. The first-order valence-electron chi connectivity index (χ1n) is 11.1. The molecule has 0 saturated carbocycles. The molecule has 0 amide bonds. The highest BCUT2D eigenvalue weighted by atomic mass is 35.5. The van der Waals surface area contributed by atoms with E-state index in [-0.39, 0.29) is 24.3 Å². The average molecular weight is 515 g/mol. The molecule has 4 aromatic rings. The zero-order valence-corrected chi connectivity index (χ0v) is 20.7. The first kappa shape index (κ1) is 25.0. The Bertz CT molecular complexity index is 1310. The fourth-order valence-corrected chi connectivity index (χ4v) is 4.23. The number of fused-ring (bicyclic) bond motifs is 1. The van der Waals surface area contributed by atoms with Gasteiger partial charge in [0.1, 0.15) is 41.3 Å². The van der Waals surface area contributed by atoms with Crippen molar-refractivity contribution in [3.8, 4) is 17.2 Å². The largest absolute Gasteiger partial charge is 0.489 e. The van der Waals surface area contributed by atoms with E-state index in [0.717, 1.165) is 48.3 Å². The summed E-state index contributed by atoms with van der Waals surface area (Å²) in [6.45, 7) is 2.03. The molecule has 182 valence electrons. The molecule has 35 heavy (non-hydrogen) atoms. The number of nitrogens with zero attached hydrogens (tertiary/aromatic N) is 3. The van der Waals surface area contributed by atoms with Crippen molar-refractivity contribution in [2.75, 3.05) is 25.5 Å². The molecule has 1 aliphatic rings. The van der Waals surface area contributed by atoms with Crippen molar-refractivity contribution in [2.45, 2.75) is 18.9 Å². The SMILES string of the molecule is CN1CCC(Oc2cccc3ncnc(Nc4ccc(Oc5cccc(F)c5)c(Cl)c4)c23)CC1.Cl. The van der Waals surface area contributed by atoms with E-state index in [1.54, 1.807) is 24.3 Å². The minimum Gasteiger partial charge on any atom is -0.489 e. The van der Waals surface area contributed by atoms with Gasteiger partial charge < -0.3 is 19.7 Å². The summed E-state index contributed by atoms with van der Waals surface area (Å²) in [6.07, 6.45) is 3.63. The van der Waals surface area contributed by atoms with Crippen LogP contribution in [-0.2, 0) is 0 Å². The second kappa shape index (κ2) is 11.1. The van der Waals surface area contributed by atoms with Crippen LogP contribution in [0.2, 0.25) is 5.02 Å². The summed E-state index contributed by atoms with van der Waals surface area (Å²) in [6, 6.07) is 17.1. The molecule has 0 radical (unpaired) electrons. The first-order valence-corrected chi connectivity index (χ1v) is 11.5. The van der Waals surface area contributed by atoms with Crippen LogP contribution in [0.5, 0.6) is 17.2 Å². The first-order chi connectivity index (χ1) is 16.5. The third kappa shape index (κ3) is 5.93. The van der Waals surface area contributed by atoms with Crippen LogP contribution >= 0.6 is 24.0 Å². The van der Waals surface area contributed by atoms with E-state index >= 15 is 0 Å².